The van der Waals surface area contributed by atoms with Crippen LogP contribution in [-0.2, 0) is 6.42 Å². The van der Waals surface area contributed by atoms with E-state index in [2.05, 4.69) is 4.98 Å². The zero-order valence-electron chi connectivity index (χ0n) is 13.2. The molecule has 4 nitrogen and oxygen atoms in total. The van der Waals surface area contributed by atoms with E-state index in [1.165, 1.54) is 17.2 Å². The summed E-state index contributed by atoms with van der Waals surface area (Å²) in [7, 11) is 0. The van der Waals surface area contributed by atoms with Crippen molar-refractivity contribution in [1.82, 2.24) is 4.98 Å². The van der Waals surface area contributed by atoms with E-state index in [1.54, 1.807) is 18.2 Å². The van der Waals surface area contributed by atoms with Crippen LogP contribution in [0.4, 0.5) is 14.5 Å². The molecule has 0 aliphatic carbocycles. The predicted molar refractivity (Wildman–Crippen MR) is 89.8 cm³/mol. The third kappa shape index (κ3) is 2.50. The van der Waals surface area contributed by atoms with Crippen molar-refractivity contribution in [1.29, 1.82) is 0 Å². The third-order valence-electron chi connectivity index (χ3n) is 4.46. The van der Waals surface area contributed by atoms with E-state index >= 15 is 0 Å². The predicted octanol–water partition coefficient (Wildman–Crippen LogP) is 3.81. The number of carbonyl (C=O) groups is 1. The number of aromatic nitrogens is 1. The van der Waals surface area contributed by atoms with Gasteiger partial charge in [-0.3, -0.25) is 9.78 Å². The molecule has 2 heterocycles. The molecule has 0 saturated carbocycles. The lowest BCUT2D eigenvalue weighted by molar-refractivity contribution is 0.0982. The lowest BCUT2D eigenvalue weighted by atomic mass is 9.99. The Morgan fingerprint density at radius 1 is 1.20 bits per heavy atom. The fraction of sp³-hybridized carbons (Fsp3) is 0.158. The summed E-state index contributed by atoms with van der Waals surface area (Å²) in [6, 6.07) is 8.68. The molecule has 0 unspecified atom stereocenters. The van der Waals surface area contributed by atoms with Crippen LogP contribution in [-0.4, -0.2) is 22.5 Å². The van der Waals surface area contributed by atoms with Crippen molar-refractivity contribution in [3.8, 4) is 5.75 Å². The van der Waals surface area contributed by atoms with Crippen molar-refractivity contribution in [2.24, 2.45) is 0 Å². The summed E-state index contributed by atoms with van der Waals surface area (Å²) in [5.41, 5.74) is 0.911. The Morgan fingerprint density at radius 3 is 2.88 bits per heavy atom. The van der Waals surface area contributed by atoms with Crippen LogP contribution < -0.4 is 4.90 Å². The molecular formula is C19H14F2N2O2. The first-order valence-electron chi connectivity index (χ1n) is 7.93. The maximum absolute atomic E-state index is 14.0. The first-order chi connectivity index (χ1) is 12.1. The number of anilines is 1. The topological polar surface area (TPSA) is 53.4 Å². The maximum atomic E-state index is 14.0. The Bertz CT molecular complexity index is 1000. The van der Waals surface area contributed by atoms with Gasteiger partial charge in [-0.2, -0.15) is 0 Å². The highest BCUT2D eigenvalue weighted by Crippen LogP contribution is 2.34. The van der Waals surface area contributed by atoms with Crippen LogP contribution in [0.2, 0.25) is 0 Å². The zero-order valence-corrected chi connectivity index (χ0v) is 13.2. The summed E-state index contributed by atoms with van der Waals surface area (Å²) in [6.07, 6.45) is 2.53. The lowest BCUT2D eigenvalue weighted by Crippen LogP contribution is -2.36. The van der Waals surface area contributed by atoms with E-state index in [9.17, 15) is 18.7 Å². The number of aromatic hydroxyl groups is 1. The molecule has 25 heavy (non-hydrogen) atoms. The molecule has 0 fully saturated rings. The van der Waals surface area contributed by atoms with E-state index in [4.69, 9.17) is 0 Å². The quantitative estimate of drug-likeness (QED) is 0.733. The summed E-state index contributed by atoms with van der Waals surface area (Å²) in [6.45, 7) is 0.328. The highest BCUT2D eigenvalue weighted by molar-refractivity contribution is 6.11. The molecule has 1 aliphatic rings. The van der Waals surface area contributed by atoms with Gasteiger partial charge in [-0.25, -0.2) is 8.78 Å². The Labute approximate surface area is 142 Å². The smallest absolute Gasteiger partial charge is 0.262 e. The number of phenolic OH excluding ortho intramolecular Hbond substituents is 1. The zero-order chi connectivity index (χ0) is 17.6. The number of carbonyl (C=O) groups excluding carboxylic acids is 1. The number of hydrogen-bond acceptors (Lipinski definition) is 3. The summed E-state index contributed by atoms with van der Waals surface area (Å²) in [4.78, 5) is 18.4. The van der Waals surface area contributed by atoms with Crippen LogP contribution in [0.15, 0.2) is 42.6 Å². The molecule has 4 rings (SSSR count). The van der Waals surface area contributed by atoms with Gasteiger partial charge in [0.25, 0.3) is 5.91 Å². The normalized spacial score (nSPS) is 13.8. The average molecular weight is 340 g/mol. The fourth-order valence-electron chi connectivity index (χ4n) is 3.27. The molecule has 0 radical (unpaired) electrons. The second-order valence-corrected chi connectivity index (χ2v) is 5.98. The number of rotatable bonds is 1. The molecule has 0 atom stereocenters. The van der Waals surface area contributed by atoms with Crippen LogP contribution in [0, 0.1) is 11.6 Å². The van der Waals surface area contributed by atoms with Gasteiger partial charge in [0, 0.05) is 29.8 Å². The summed E-state index contributed by atoms with van der Waals surface area (Å²) in [5.74, 6) is -2.12. The van der Waals surface area contributed by atoms with Gasteiger partial charge < -0.3 is 10.0 Å². The van der Waals surface area contributed by atoms with Crippen LogP contribution in [0.3, 0.4) is 0 Å². The number of fused-ring (bicyclic) bond motifs is 2. The number of nitrogens with zero attached hydrogens (tertiary/aromatic N) is 2. The van der Waals surface area contributed by atoms with Gasteiger partial charge in [-0.1, -0.05) is 12.1 Å². The Morgan fingerprint density at radius 2 is 2.04 bits per heavy atom. The molecule has 2 aromatic carbocycles. The molecule has 126 valence electrons. The van der Waals surface area contributed by atoms with Crippen LogP contribution in [0.1, 0.15) is 22.3 Å². The third-order valence-corrected chi connectivity index (χ3v) is 4.46. The van der Waals surface area contributed by atoms with Crippen LogP contribution in [0.25, 0.3) is 10.9 Å². The van der Waals surface area contributed by atoms with Gasteiger partial charge in [-0.15, -0.1) is 0 Å². The standard InChI is InChI=1S/C19H14F2N2O2/c20-12-9-15(21)13-4-2-8-23(16(13)10-12)19(25)14-6-5-11-3-1-7-22-17(11)18(14)24/h1,3,5-7,9-10,24H,2,4,8H2. The van der Waals surface area contributed by atoms with E-state index in [-0.39, 0.29) is 17.0 Å². The van der Waals surface area contributed by atoms with Gasteiger partial charge in [0.05, 0.1) is 11.3 Å². The van der Waals surface area contributed by atoms with Crippen LogP contribution in [0.5, 0.6) is 5.75 Å². The first-order valence-corrected chi connectivity index (χ1v) is 7.93. The Kier molecular flexibility index (Phi) is 3.60. The Balaban J connectivity index is 1.82. The molecule has 1 aliphatic heterocycles. The minimum absolute atomic E-state index is 0.0590. The summed E-state index contributed by atoms with van der Waals surface area (Å²) in [5, 5.41) is 11.2. The minimum Gasteiger partial charge on any atom is -0.505 e. The van der Waals surface area contributed by atoms with E-state index < -0.39 is 17.5 Å². The second kappa shape index (κ2) is 5.81. The molecule has 0 saturated heterocycles. The SMILES string of the molecule is O=C(c1ccc2cccnc2c1O)N1CCCc2c(F)cc(F)cc21. The molecular weight excluding hydrogens is 326 g/mol. The van der Waals surface area contributed by atoms with E-state index in [0.717, 1.165) is 12.1 Å². The lowest BCUT2D eigenvalue weighted by Gasteiger charge is -2.30. The van der Waals surface area contributed by atoms with Crippen molar-refractivity contribution < 1.29 is 18.7 Å². The number of benzene rings is 2. The molecule has 0 spiro atoms. The van der Waals surface area contributed by atoms with Gasteiger partial charge in [0.15, 0.2) is 5.75 Å². The van der Waals surface area contributed by atoms with E-state index in [0.29, 0.717) is 35.9 Å². The number of amides is 1. The number of pyridine rings is 1. The van der Waals surface area contributed by atoms with Gasteiger partial charge in [-0.05, 0) is 31.0 Å². The molecule has 3 aromatic rings. The fourth-order valence-corrected chi connectivity index (χ4v) is 3.27. The highest BCUT2D eigenvalue weighted by Gasteiger charge is 2.28. The van der Waals surface area contributed by atoms with Crippen molar-refractivity contribution in [2.75, 3.05) is 11.4 Å². The van der Waals surface area contributed by atoms with Crippen molar-refractivity contribution in [2.45, 2.75) is 12.8 Å². The molecule has 6 heteroatoms. The summed E-state index contributed by atoms with van der Waals surface area (Å²) < 4.78 is 27.7. The molecule has 1 N–H and O–H groups in total. The minimum atomic E-state index is -0.736. The number of phenols is 1. The van der Waals surface area contributed by atoms with Gasteiger partial charge in [0.1, 0.15) is 17.2 Å². The molecule has 1 amide bonds. The van der Waals surface area contributed by atoms with Crippen molar-refractivity contribution in [3.05, 3.63) is 65.4 Å². The molecule has 0 bridgehead atoms. The van der Waals surface area contributed by atoms with Gasteiger partial charge in [0.2, 0.25) is 0 Å². The van der Waals surface area contributed by atoms with Crippen molar-refractivity contribution in [3.63, 3.8) is 0 Å². The maximum Gasteiger partial charge on any atom is 0.262 e. The van der Waals surface area contributed by atoms with Gasteiger partial charge >= 0.3 is 0 Å². The average Bonchev–Trinajstić information content (AvgIpc) is 2.61. The number of hydrogen-bond donors (Lipinski definition) is 1. The summed E-state index contributed by atoms with van der Waals surface area (Å²) >= 11 is 0. The largest absolute Gasteiger partial charge is 0.505 e. The number of halogens is 2. The van der Waals surface area contributed by atoms with E-state index in [1.807, 2.05) is 0 Å². The highest BCUT2D eigenvalue weighted by atomic mass is 19.1. The van der Waals surface area contributed by atoms with Crippen LogP contribution >= 0.6 is 0 Å². The Hall–Kier alpha value is -3.02. The first kappa shape index (κ1) is 15.5. The molecule has 1 aromatic heterocycles. The monoisotopic (exact) mass is 340 g/mol. The second-order valence-electron chi connectivity index (χ2n) is 5.98. The van der Waals surface area contributed by atoms with Crippen molar-refractivity contribution >= 4 is 22.5 Å².